The van der Waals surface area contributed by atoms with Gasteiger partial charge in [0, 0.05) is 22.8 Å². The van der Waals surface area contributed by atoms with Crippen LogP contribution in [-0.2, 0) is 14.3 Å². The highest BCUT2D eigenvalue weighted by atomic mass is 16.6. The average Bonchev–Trinajstić information content (AvgIpc) is 2.87. The van der Waals surface area contributed by atoms with Crippen LogP contribution in [0.25, 0.3) is 0 Å². The van der Waals surface area contributed by atoms with E-state index in [0.29, 0.717) is 11.8 Å². The van der Waals surface area contributed by atoms with Gasteiger partial charge in [0.15, 0.2) is 6.29 Å². The highest BCUT2D eigenvalue weighted by molar-refractivity contribution is 5.81. The molecule has 1 spiro atoms. The summed E-state index contributed by atoms with van der Waals surface area (Å²) in [6.07, 6.45) is 2.34. The van der Waals surface area contributed by atoms with Gasteiger partial charge in [0.25, 0.3) is 0 Å². The molecule has 4 nitrogen and oxygen atoms in total. The Labute approximate surface area is 99.6 Å². The first-order valence-corrected chi connectivity index (χ1v) is 6.20. The van der Waals surface area contributed by atoms with E-state index in [0.717, 1.165) is 12.8 Å². The Morgan fingerprint density at radius 2 is 2.35 bits per heavy atom. The van der Waals surface area contributed by atoms with Crippen molar-refractivity contribution in [3.8, 4) is 0 Å². The number of hydrogen-bond donors (Lipinski definition) is 1. The molecule has 1 saturated heterocycles. The summed E-state index contributed by atoms with van der Waals surface area (Å²) in [5.41, 5.74) is 0.000235. The fourth-order valence-electron chi connectivity index (χ4n) is 4.91. The molecular weight excluding hydrogens is 220 g/mol. The van der Waals surface area contributed by atoms with Gasteiger partial charge < -0.3 is 14.6 Å². The third-order valence-corrected chi connectivity index (χ3v) is 5.59. The highest BCUT2D eigenvalue weighted by Gasteiger charge is 2.88. The minimum absolute atomic E-state index is 0.105. The molecule has 3 aliphatic carbocycles. The summed E-state index contributed by atoms with van der Waals surface area (Å²) in [6, 6.07) is 0. The lowest BCUT2D eigenvalue weighted by Crippen LogP contribution is -2.59. The number of rotatable bonds is 2. The van der Waals surface area contributed by atoms with E-state index in [2.05, 4.69) is 13.5 Å². The van der Waals surface area contributed by atoms with E-state index >= 15 is 0 Å². The van der Waals surface area contributed by atoms with Crippen molar-refractivity contribution >= 4 is 5.97 Å². The van der Waals surface area contributed by atoms with Crippen LogP contribution in [-0.4, -0.2) is 29.6 Å². The van der Waals surface area contributed by atoms with E-state index in [-0.39, 0.29) is 29.0 Å². The highest BCUT2D eigenvalue weighted by Crippen LogP contribution is 2.84. The Bertz CT molecular complexity index is 433. The first-order chi connectivity index (χ1) is 8.04. The summed E-state index contributed by atoms with van der Waals surface area (Å²) in [7, 11) is 0. The quantitative estimate of drug-likeness (QED) is 0.570. The molecule has 4 rings (SSSR count). The summed E-state index contributed by atoms with van der Waals surface area (Å²) in [4.78, 5) is 11.3. The summed E-state index contributed by atoms with van der Waals surface area (Å²) in [5.74, 6) is 0.597. The first kappa shape index (κ1) is 10.1. The van der Waals surface area contributed by atoms with Crippen molar-refractivity contribution in [3.05, 3.63) is 12.7 Å². The molecule has 4 fully saturated rings. The molecule has 3 saturated carbocycles. The summed E-state index contributed by atoms with van der Waals surface area (Å²) in [5, 5.41) is 10.0. The molecule has 0 bridgehead atoms. The number of esters is 1. The molecule has 17 heavy (non-hydrogen) atoms. The normalized spacial score (nSPS) is 61.2. The van der Waals surface area contributed by atoms with Gasteiger partial charge in [-0.2, -0.15) is 0 Å². The lowest BCUT2D eigenvalue weighted by molar-refractivity contribution is -0.210. The summed E-state index contributed by atoms with van der Waals surface area (Å²) < 4.78 is 11.0. The molecule has 0 amide bonds. The number of ether oxygens (including phenoxy) is 2. The summed E-state index contributed by atoms with van der Waals surface area (Å²) in [6.45, 7) is 5.52. The van der Waals surface area contributed by atoms with Crippen LogP contribution in [0.15, 0.2) is 12.7 Å². The van der Waals surface area contributed by atoms with Crippen LogP contribution >= 0.6 is 0 Å². The molecular formula is C13H16O4. The molecule has 4 aliphatic rings. The Morgan fingerprint density at radius 1 is 1.59 bits per heavy atom. The van der Waals surface area contributed by atoms with Gasteiger partial charge in [0.1, 0.15) is 12.2 Å². The molecule has 0 aromatic carbocycles. The van der Waals surface area contributed by atoms with Crippen LogP contribution in [0.5, 0.6) is 0 Å². The van der Waals surface area contributed by atoms with Gasteiger partial charge in [-0.15, -0.1) is 0 Å². The maximum Gasteiger partial charge on any atom is 0.330 e. The first-order valence-electron chi connectivity index (χ1n) is 6.20. The second kappa shape index (κ2) is 2.59. The molecule has 1 aliphatic heterocycles. The Kier molecular flexibility index (Phi) is 1.54. The van der Waals surface area contributed by atoms with E-state index in [1.807, 2.05) is 0 Å². The minimum atomic E-state index is -0.699. The smallest absolute Gasteiger partial charge is 0.330 e. The lowest BCUT2D eigenvalue weighted by atomic mass is 9.59. The SMILES string of the molecule is C=CC(=O)OC1C2OC(O)C3(C)CC4CC41C23. The van der Waals surface area contributed by atoms with E-state index < -0.39 is 6.29 Å². The van der Waals surface area contributed by atoms with Crippen molar-refractivity contribution < 1.29 is 19.4 Å². The van der Waals surface area contributed by atoms with Crippen molar-refractivity contribution in [2.75, 3.05) is 0 Å². The maximum absolute atomic E-state index is 11.3. The topological polar surface area (TPSA) is 55.8 Å². The molecule has 1 heterocycles. The van der Waals surface area contributed by atoms with E-state index in [1.54, 1.807) is 0 Å². The van der Waals surface area contributed by atoms with Crippen molar-refractivity contribution in [2.45, 2.75) is 38.3 Å². The zero-order valence-electron chi connectivity index (χ0n) is 9.76. The third-order valence-electron chi connectivity index (χ3n) is 5.59. The zero-order valence-corrected chi connectivity index (χ0v) is 9.76. The lowest BCUT2D eigenvalue weighted by Gasteiger charge is -2.48. The Balaban J connectivity index is 1.66. The van der Waals surface area contributed by atoms with Crippen LogP contribution in [0.3, 0.4) is 0 Å². The predicted octanol–water partition coefficient (Wildman–Crippen LogP) is 0.847. The fourth-order valence-corrected chi connectivity index (χ4v) is 4.91. The van der Waals surface area contributed by atoms with Crippen molar-refractivity contribution in [3.63, 3.8) is 0 Å². The number of aliphatic hydroxyl groups is 1. The number of aliphatic hydroxyl groups excluding tert-OH is 1. The van der Waals surface area contributed by atoms with Crippen LogP contribution in [0.1, 0.15) is 19.8 Å². The van der Waals surface area contributed by atoms with Crippen LogP contribution in [0.4, 0.5) is 0 Å². The summed E-state index contributed by atoms with van der Waals surface area (Å²) >= 11 is 0. The van der Waals surface area contributed by atoms with Gasteiger partial charge in [-0.25, -0.2) is 4.79 Å². The number of carbonyl (C=O) groups is 1. The molecule has 0 aromatic rings. The Morgan fingerprint density at radius 3 is 3.06 bits per heavy atom. The van der Waals surface area contributed by atoms with Gasteiger partial charge in [-0.1, -0.05) is 13.5 Å². The van der Waals surface area contributed by atoms with Crippen LogP contribution < -0.4 is 0 Å². The maximum atomic E-state index is 11.3. The molecule has 7 atom stereocenters. The molecule has 1 N–H and O–H groups in total. The minimum Gasteiger partial charge on any atom is -0.456 e. The molecule has 4 heteroatoms. The van der Waals surface area contributed by atoms with Crippen LogP contribution in [0, 0.1) is 22.7 Å². The van der Waals surface area contributed by atoms with Crippen molar-refractivity contribution in [1.29, 1.82) is 0 Å². The molecule has 92 valence electrons. The molecule has 7 unspecified atom stereocenters. The second-order valence-corrected chi connectivity index (χ2v) is 6.22. The predicted molar refractivity (Wildman–Crippen MR) is 57.7 cm³/mol. The zero-order chi connectivity index (χ0) is 12.0. The second-order valence-electron chi connectivity index (χ2n) is 6.22. The van der Waals surface area contributed by atoms with Gasteiger partial charge in [-0.05, 0) is 18.8 Å². The third kappa shape index (κ3) is 0.858. The van der Waals surface area contributed by atoms with Crippen molar-refractivity contribution in [2.24, 2.45) is 22.7 Å². The monoisotopic (exact) mass is 236 g/mol. The number of carbonyl (C=O) groups excluding carboxylic acids is 1. The van der Waals surface area contributed by atoms with Crippen molar-refractivity contribution in [1.82, 2.24) is 0 Å². The van der Waals surface area contributed by atoms with Gasteiger partial charge in [-0.3, -0.25) is 0 Å². The molecule has 0 aromatic heterocycles. The van der Waals surface area contributed by atoms with Gasteiger partial charge >= 0.3 is 5.97 Å². The van der Waals surface area contributed by atoms with Crippen LogP contribution in [0.2, 0.25) is 0 Å². The van der Waals surface area contributed by atoms with Gasteiger partial charge in [0.2, 0.25) is 0 Å². The van der Waals surface area contributed by atoms with E-state index in [9.17, 15) is 9.90 Å². The standard InChI is InChI=1S/C13H16O4/c1-3-7(14)16-10-8-9-12(2,11(15)17-8)4-6-5-13(6,9)10/h3,6,8-11,15H,1,4-5H2,2H3. The largest absolute Gasteiger partial charge is 0.456 e. The Hall–Kier alpha value is -0.870. The fraction of sp³-hybridized carbons (Fsp3) is 0.769. The van der Waals surface area contributed by atoms with E-state index in [1.165, 1.54) is 6.08 Å². The molecule has 0 radical (unpaired) electrons. The average molecular weight is 236 g/mol. The van der Waals surface area contributed by atoms with E-state index in [4.69, 9.17) is 9.47 Å². The number of hydrogen-bond acceptors (Lipinski definition) is 4. The van der Waals surface area contributed by atoms with Gasteiger partial charge in [0.05, 0.1) is 0 Å².